The molecule has 22 heavy (non-hydrogen) atoms. The molecule has 1 amide bonds. The maximum atomic E-state index is 12.7. The van der Waals surface area contributed by atoms with Gasteiger partial charge in [-0.3, -0.25) is 4.79 Å². The summed E-state index contributed by atoms with van der Waals surface area (Å²) in [4.78, 5) is 14.4. The highest BCUT2D eigenvalue weighted by Gasteiger charge is 2.24. The molecule has 0 aliphatic heterocycles. The van der Waals surface area contributed by atoms with Gasteiger partial charge in [0.15, 0.2) is 5.16 Å². The second-order valence-corrected chi connectivity index (χ2v) is 6.03. The summed E-state index contributed by atoms with van der Waals surface area (Å²) in [6.45, 7) is 2.22. The molecule has 1 heterocycles. The Bertz CT molecular complexity index is 664. The average molecular weight is 315 g/mol. The largest absolute Gasteiger partial charge is 0.312 e. The summed E-state index contributed by atoms with van der Waals surface area (Å²) in [6, 6.07) is 11.5. The van der Waals surface area contributed by atoms with Crippen molar-refractivity contribution in [2.75, 3.05) is 11.4 Å². The molecule has 1 unspecified atom stereocenters. The number of thioether (sulfide) groups is 1. The van der Waals surface area contributed by atoms with Gasteiger partial charge in [-0.05, 0) is 19.1 Å². The number of rotatable bonds is 6. The number of aromatic nitrogens is 3. The Kier molecular flexibility index (Phi) is 5.55. The molecule has 0 aliphatic rings. The number of amides is 1. The number of hydrogen-bond acceptors (Lipinski definition) is 5. The van der Waals surface area contributed by atoms with Crippen molar-refractivity contribution < 1.29 is 4.79 Å². The van der Waals surface area contributed by atoms with Crippen molar-refractivity contribution in [3.05, 3.63) is 36.7 Å². The lowest BCUT2D eigenvalue weighted by Gasteiger charge is -2.24. The number of carbonyl (C=O) groups is 1. The second-order valence-electron chi connectivity index (χ2n) is 4.72. The van der Waals surface area contributed by atoms with E-state index in [1.807, 2.05) is 44.3 Å². The number of carbonyl (C=O) groups excluding carboxylic acids is 1. The van der Waals surface area contributed by atoms with Crippen LogP contribution in [0.3, 0.4) is 0 Å². The quantitative estimate of drug-likeness (QED) is 0.764. The summed E-state index contributed by atoms with van der Waals surface area (Å²) in [7, 11) is 1.84. The van der Waals surface area contributed by atoms with Crippen molar-refractivity contribution in [3.63, 3.8) is 0 Å². The molecule has 0 radical (unpaired) electrons. The van der Waals surface area contributed by atoms with Crippen molar-refractivity contribution in [1.29, 1.82) is 5.26 Å². The van der Waals surface area contributed by atoms with Gasteiger partial charge in [-0.2, -0.15) is 5.26 Å². The summed E-state index contributed by atoms with van der Waals surface area (Å²) < 4.78 is 1.77. The molecule has 0 aliphatic carbocycles. The van der Waals surface area contributed by atoms with E-state index >= 15 is 0 Å². The number of anilines is 1. The lowest BCUT2D eigenvalue weighted by molar-refractivity contribution is -0.117. The minimum absolute atomic E-state index is 0.0468. The minimum Gasteiger partial charge on any atom is -0.312 e. The Morgan fingerprint density at radius 1 is 1.45 bits per heavy atom. The molecule has 0 bridgehead atoms. The molecular formula is C15H17N5OS. The number of aryl methyl sites for hydroxylation is 1. The maximum Gasteiger partial charge on any atom is 0.240 e. The molecule has 0 spiro atoms. The first kappa shape index (κ1) is 16.0. The molecule has 0 N–H and O–H groups in total. The van der Waals surface area contributed by atoms with E-state index in [1.165, 1.54) is 11.8 Å². The van der Waals surface area contributed by atoms with Crippen LogP contribution in [0.2, 0.25) is 0 Å². The zero-order valence-corrected chi connectivity index (χ0v) is 13.3. The first-order valence-electron chi connectivity index (χ1n) is 6.87. The molecule has 1 aromatic carbocycles. The first-order chi connectivity index (χ1) is 10.6. The third-order valence-electron chi connectivity index (χ3n) is 3.08. The van der Waals surface area contributed by atoms with Gasteiger partial charge in [-0.15, -0.1) is 10.2 Å². The van der Waals surface area contributed by atoms with E-state index in [-0.39, 0.29) is 11.2 Å². The van der Waals surface area contributed by atoms with Gasteiger partial charge >= 0.3 is 0 Å². The van der Waals surface area contributed by atoms with Crippen LogP contribution in [-0.2, 0) is 11.8 Å². The van der Waals surface area contributed by atoms with E-state index in [0.29, 0.717) is 18.1 Å². The molecular weight excluding hydrogens is 298 g/mol. The number of nitrogens with zero attached hydrogens (tertiary/aromatic N) is 5. The van der Waals surface area contributed by atoms with Gasteiger partial charge < -0.3 is 9.47 Å². The van der Waals surface area contributed by atoms with Crippen molar-refractivity contribution in [1.82, 2.24) is 14.8 Å². The van der Waals surface area contributed by atoms with E-state index in [4.69, 9.17) is 5.26 Å². The number of benzene rings is 1. The zero-order chi connectivity index (χ0) is 15.9. The number of para-hydroxylation sites is 1. The third kappa shape index (κ3) is 3.86. The molecule has 7 heteroatoms. The Hall–Kier alpha value is -2.33. The van der Waals surface area contributed by atoms with Crippen LogP contribution in [0.4, 0.5) is 5.69 Å². The van der Waals surface area contributed by atoms with Gasteiger partial charge in [0.25, 0.3) is 0 Å². The average Bonchev–Trinajstić information content (AvgIpc) is 2.93. The fraction of sp³-hybridized carbons (Fsp3) is 0.333. The van der Waals surface area contributed by atoms with E-state index < -0.39 is 0 Å². The topological polar surface area (TPSA) is 74.8 Å². The SMILES string of the molecule is CC(Sc1nncn1C)C(=O)N(CCC#N)c1ccccc1. The van der Waals surface area contributed by atoms with Gasteiger partial charge in [0.05, 0.1) is 17.7 Å². The fourth-order valence-corrected chi connectivity index (χ4v) is 2.80. The lowest BCUT2D eigenvalue weighted by Crippen LogP contribution is -2.37. The maximum absolute atomic E-state index is 12.7. The van der Waals surface area contributed by atoms with Crippen molar-refractivity contribution in [2.45, 2.75) is 23.8 Å². The number of hydrogen-bond donors (Lipinski definition) is 0. The highest BCUT2D eigenvalue weighted by atomic mass is 32.2. The van der Waals surface area contributed by atoms with Crippen LogP contribution in [0.5, 0.6) is 0 Å². The Labute approximate surface area is 133 Å². The predicted octanol–water partition coefficient (Wildman–Crippen LogP) is 2.24. The van der Waals surface area contributed by atoms with Crippen LogP contribution >= 0.6 is 11.8 Å². The summed E-state index contributed by atoms with van der Waals surface area (Å²) >= 11 is 1.36. The summed E-state index contributed by atoms with van der Waals surface area (Å²) in [6.07, 6.45) is 1.89. The van der Waals surface area contributed by atoms with Crippen molar-refractivity contribution in [3.8, 4) is 6.07 Å². The lowest BCUT2D eigenvalue weighted by atomic mass is 10.2. The Morgan fingerprint density at radius 3 is 2.77 bits per heavy atom. The highest BCUT2D eigenvalue weighted by Crippen LogP contribution is 2.24. The van der Waals surface area contributed by atoms with Crippen LogP contribution in [0, 0.1) is 11.3 Å². The molecule has 2 aromatic rings. The van der Waals surface area contributed by atoms with Crippen LogP contribution in [0.15, 0.2) is 41.8 Å². The van der Waals surface area contributed by atoms with Crippen LogP contribution in [0.25, 0.3) is 0 Å². The smallest absolute Gasteiger partial charge is 0.240 e. The van der Waals surface area contributed by atoms with Gasteiger partial charge in [0, 0.05) is 19.3 Å². The standard InChI is InChI=1S/C15H17N5OS/c1-12(22-15-18-17-11-19(15)2)14(21)20(10-6-9-16)13-7-4-3-5-8-13/h3-5,7-8,11-12H,6,10H2,1-2H3. The molecule has 1 aromatic heterocycles. The van der Waals surface area contributed by atoms with E-state index in [1.54, 1.807) is 15.8 Å². The monoisotopic (exact) mass is 315 g/mol. The first-order valence-corrected chi connectivity index (χ1v) is 7.75. The van der Waals surface area contributed by atoms with Crippen LogP contribution < -0.4 is 4.90 Å². The van der Waals surface area contributed by atoms with Crippen molar-refractivity contribution in [2.24, 2.45) is 7.05 Å². The molecule has 2 rings (SSSR count). The molecule has 0 fully saturated rings. The summed E-state index contributed by atoms with van der Waals surface area (Å²) in [5, 5.41) is 17.0. The minimum atomic E-state index is -0.318. The van der Waals surface area contributed by atoms with Crippen molar-refractivity contribution >= 4 is 23.4 Å². The molecule has 0 saturated heterocycles. The predicted molar refractivity (Wildman–Crippen MR) is 85.3 cm³/mol. The van der Waals surface area contributed by atoms with E-state index in [0.717, 1.165) is 5.69 Å². The zero-order valence-electron chi connectivity index (χ0n) is 12.5. The number of nitriles is 1. The Morgan fingerprint density at radius 2 is 2.18 bits per heavy atom. The highest BCUT2D eigenvalue weighted by molar-refractivity contribution is 8.00. The van der Waals surface area contributed by atoms with Gasteiger partial charge in [0.1, 0.15) is 6.33 Å². The molecule has 1 atom stereocenters. The second kappa shape index (κ2) is 7.61. The normalized spacial score (nSPS) is 11.7. The fourth-order valence-electron chi connectivity index (χ4n) is 1.94. The summed E-state index contributed by atoms with van der Waals surface area (Å²) in [5.74, 6) is -0.0468. The molecule has 0 saturated carbocycles. The Balaban J connectivity index is 2.14. The molecule has 6 nitrogen and oxygen atoms in total. The van der Waals surface area contributed by atoms with Gasteiger partial charge in [-0.1, -0.05) is 30.0 Å². The summed E-state index contributed by atoms with van der Waals surface area (Å²) in [5.41, 5.74) is 0.799. The van der Waals surface area contributed by atoms with Gasteiger partial charge in [-0.25, -0.2) is 0 Å². The van der Waals surface area contributed by atoms with E-state index in [9.17, 15) is 4.79 Å². The van der Waals surface area contributed by atoms with Crippen LogP contribution in [0.1, 0.15) is 13.3 Å². The third-order valence-corrected chi connectivity index (χ3v) is 4.22. The van der Waals surface area contributed by atoms with Crippen LogP contribution in [-0.4, -0.2) is 32.5 Å². The van der Waals surface area contributed by atoms with Gasteiger partial charge in [0.2, 0.25) is 5.91 Å². The van der Waals surface area contributed by atoms with E-state index in [2.05, 4.69) is 16.3 Å². The molecule has 114 valence electrons.